The minimum atomic E-state index is -0.318. The number of amides is 1. The van der Waals surface area contributed by atoms with Crippen molar-refractivity contribution >= 4 is 12.8 Å². The fourth-order valence-corrected chi connectivity index (χ4v) is 1.66. The molecule has 0 N–H and O–H groups in total. The lowest BCUT2D eigenvalue weighted by Gasteiger charge is -2.16. The average molecular weight is 170 g/mol. The van der Waals surface area contributed by atoms with Crippen LogP contribution >= 0.6 is 0 Å². The lowest BCUT2D eigenvalue weighted by atomic mass is 9.95. The van der Waals surface area contributed by atoms with E-state index in [9.17, 15) is 4.79 Å². The Balaban J connectivity index is 2.45. The minimum absolute atomic E-state index is 0.297. The number of rotatable bonds is 1. The Labute approximate surface area is 73.0 Å². The van der Waals surface area contributed by atoms with Crippen molar-refractivity contribution in [2.75, 3.05) is 7.11 Å². The summed E-state index contributed by atoms with van der Waals surface area (Å²) in [5.74, 6) is 0. The molecule has 1 rings (SSSR count). The number of hydrogen-bond acceptors (Lipinski definition) is 2. The molecule has 1 saturated carbocycles. The van der Waals surface area contributed by atoms with Crippen molar-refractivity contribution < 1.29 is 14.1 Å². The quantitative estimate of drug-likeness (QED) is 0.443. The summed E-state index contributed by atoms with van der Waals surface area (Å²) >= 11 is 0. The summed E-state index contributed by atoms with van der Waals surface area (Å²) in [7, 11) is 1.39. The molecule has 3 nitrogen and oxygen atoms in total. The van der Waals surface area contributed by atoms with Crippen LogP contribution in [0.3, 0.4) is 0 Å². The Morgan fingerprint density at radius 2 is 2.00 bits per heavy atom. The first-order chi connectivity index (χ1) is 5.75. The van der Waals surface area contributed by atoms with Gasteiger partial charge < -0.3 is 4.74 Å². The third-order valence-electron chi connectivity index (χ3n) is 2.42. The summed E-state index contributed by atoms with van der Waals surface area (Å²) in [4.78, 5) is 11.1. The molecule has 0 aromatic carbocycles. The number of carbonyl (C=O) groups is 1. The molecule has 0 aromatic heterocycles. The first-order valence-electron chi connectivity index (χ1n) is 4.43. The Morgan fingerprint density at radius 3 is 2.50 bits per heavy atom. The molecule has 3 heteroatoms. The summed E-state index contributed by atoms with van der Waals surface area (Å²) in [5, 5.41) is 0. The standard InChI is InChI=1S/C9H16NO2/c1-10(9(11)12-2)8-6-4-3-5-7-8/h8H,1,3-7H2,2H3/q+1. The van der Waals surface area contributed by atoms with Crippen molar-refractivity contribution in [3.05, 3.63) is 0 Å². The van der Waals surface area contributed by atoms with Gasteiger partial charge in [-0.1, -0.05) is 6.42 Å². The Hall–Kier alpha value is -0.860. The second-order valence-electron chi connectivity index (χ2n) is 3.23. The van der Waals surface area contributed by atoms with Crippen molar-refractivity contribution in [1.82, 2.24) is 0 Å². The predicted octanol–water partition coefficient (Wildman–Crippen LogP) is 1.80. The zero-order valence-corrected chi connectivity index (χ0v) is 7.58. The molecule has 1 amide bonds. The van der Waals surface area contributed by atoms with Gasteiger partial charge in [0.1, 0.15) is 6.72 Å². The van der Waals surface area contributed by atoms with Gasteiger partial charge in [-0.05, 0) is 12.8 Å². The topological polar surface area (TPSA) is 29.3 Å². The average Bonchev–Trinajstić information content (AvgIpc) is 2.17. The van der Waals surface area contributed by atoms with Gasteiger partial charge in [0, 0.05) is 12.8 Å². The Kier molecular flexibility index (Phi) is 3.26. The molecule has 1 aliphatic rings. The van der Waals surface area contributed by atoms with Crippen LogP contribution in [-0.4, -0.2) is 30.5 Å². The van der Waals surface area contributed by atoms with Gasteiger partial charge in [0.25, 0.3) is 0 Å². The van der Waals surface area contributed by atoms with Gasteiger partial charge in [0.2, 0.25) is 0 Å². The fourth-order valence-electron chi connectivity index (χ4n) is 1.66. The molecular formula is C9H16NO2+. The smallest absolute Gasteiger partial charge is 0.415 e. The number of carbonyl (C=O) groups excluding carboxylic acids is 1. The second kappa shape index (κ2) is 4.24. The van der Waals surface area contributed by atoms with Crippen LogP contribution in [0, 0.1) is 0 Å². The maximum Gasteiger partial charge on any atom is 0.595 e. The first kappa shape index (κ1) is 9.23. The Bertz CT molecular complexity index is 183. The second-order valence-corrected chi connectivity index (χ2v) is 3.23. The van der Waals surface area contributed by atoms with E-state index in [-0.39, 0.29) is 6.09 Å². The molecule has 1 aliphatic carbocycles. The highest BCUT2D eigenvalue weighted by molar-refractivity contribution is 5.60. The monoisotopic (exact) mass is 170 g/mol. The molecule has 0 atom stereocenters. The molecule has 1 fully saturated rings. The first-order valence-corrected chi connectivity index (χ1v) is 4.43. The molecular weight excluding hydrogens is 154 g/mol. The molecule has 0 bridgehead atoms. The van der Waals surface area contributed by atoms with Gasteiger partial charge in [0.15, 0.2) is 6.04 Å². The van der Waals surface area contributed by atoms with E-state index in [2.05, 4.69) is 11.5 Å². The van der Waals surface area contributed by atoms with Gasteiger partial charge in [0.05, 0.1) is 7.11 Å². The van der Waals surface area contributed by atoms with E-state index in [1.54, 1.807) is 0 Å². The third-order valence-corrected chi connectivity index (χ3v) is 2.42. The minimum Gasteiger partial charge on any atom is -0.415 e. The summed E-state index contributed by atoms with van der Waals surface area (Å²) in [6, 6.07) is 0.297. The number of hydrogen-bond donors (Lipinski definition) is 0. The van der Waals surface area contributed by atoms with Crippen molar-refractivity contribution in [3.8, 4) is 0 Å². The molecule has 0 spiro atoms. The zero-order valence-electron chi connectivity index (χ0n) is 7.58. The van der Waals surface area contributed by atoms with E-state index in [1.807, 2.05) is 0 Å². The molecule has 0 unspecified atom stereocenters. The molecule has 0 heterocycles. The van der Waals surface area contributed by atoms with Gasteiger partial charge >= 0.3 is 6.09 Å². The third kappa shape index (κ3) is 2.06. The van der Waals surface area contributed by atoms with E-state index >= 15 is 0 Å². The van der Waals surface area contributed by atoms with Crippen molar-refractivity contribution in [3.63, 3.8) is 0 Å². The SMILES string of the molecule is C=[N+](C(=O)OC)C1CCCCC1. The maximum absolute atomic E-state index is 11.1. The van der Waals surface area contributed by atoms with Crippen molar-refractivity contribution in [1.29, 1.82) is 0 Å². The number of nitrogens with zero attached hydrogens (tertiary/aromatic N) is 1. The van der Waals surface area contributed by atoms with Crippen LogP contribution < -0.4 is 0 Å². The highest BCUT2D eigenvalue weighted by Crippen LogP contribution is 2.19. The number of methoxy groups -OCH3 is 1. The van der Waals surface area contributed by atoms with Gasteiger partial charge in [-0.15, -0.1) is 4.58 Å². The van der Waals surface area contributed by atoms with Crippen LogP contribution in [0.15, 0.2) is 0 Å². The molecule has 68 valence electrons. The van der Waals surface area contributed by atoms with Crippen molar-refractivity contribution in [2.24, 2.45) is 0 Å². The van der Waals surface area contributed by atoms with Crippen LogP contribution in [0.4, 0.5) is 4.79 Å². The highest BCUT2D eigenvalue weighted by atomic mass is 16.5. The molecule has 0 radical (unpaired) electrons. The summed E-state index contributed by atoms with van der Waals surface area (Å²) in [5.41, 5.74) is 0. The molecule has 12 heavy (non-hydrogen) atoms. The Morgan fingerprint density at radius 1 is 1.42 bits per heavy atom. The van der Waals surface area contributed by atoms with E-state index in [1.165, 1.54) is 30.9 Å². The van der Waals surface area contributed by atoms with Gasteiger partial charge in [-0.3, -0.25) is 0 Å². The largest absolute Gasteiger partial charge is 0.595 e. The van der Waals surface area contributed by atoms with Crippen LogP contribution in [0.2, 0.25) is 0 Å². The zero-order chi connectivity index (χ0) is 8.97. The summed E-state index contributed by atoms with van der Waals surface area (Å²) < 4.78 is 6.06. The van der Waals surface area contributed by atoms with E-state index in [0.29, 0.717) is 6.04 Å². The van der Waals surface area contributed by atoms with Gasteiger partial charge in [-0.2, -0.15) is 4.79 Å². The van der Waals surface area contributed by atoms with Crippen LogP contribution in [-0.2, 0) is 4.74 Å². The van der Waals surface area contributed by atoms with Crippen LogP contribution in [0.1, 0.15) is 32.1 Å². The predicted molar refractivity (Wildman–Crippen MR) is 46.7 cm³/mol. The van der Waals surface area contributed by atoms with Crippen LogP contribution in [0.5, 0.6) is 0 Å². The van der Waals surface area contributed by atoms with Crippen LogP contribution in [0.25, 0.3) is 0 Å². The van der Waals surface area contributed by atoms with E-state index in [4.69, 9.17) is 0 Å². The van der Waals surface area contributed by atoms with Gasteiger partial charge in [-0.25, -0.2) is 0 Å². The molecule has 0 aliphatic heterocycles. The normalized spacial score (nSPS) is 18.8. The van der Waals surface area contributed by atoms with E-state index < -0.39 is 0 Å². The number of ether oxygens (including phenoxy) is 1. The molecule has 0 aromatic rings. The lowest BCUT2D eigenvalue weighted by molar-refractivity contribution is -0.483. The van der Waals surface area contributed by atoms with Crippen molar-refractivity contribution in [2.45, 2.75) is 38.1 Å². The fraction of sp³-hybridized carbons (Fsp3) is 0.778. The van der Waals surface area contributed by atoms with E-state index in [0.717, 1.165) is 12.8 Å². The molecule has 0 saturated heterocycles. The highest BCUT2D eigenvalue weighted by Gasteiger charge is 2.28. The maximum atomic E-state index is 11.1. The summed E-state index contributed by atoms with van der Waals surface area (Å²) in [6.45, 7) is 3.69. The lowest BCUT2D eigenvalue weighted by Crippen LogP contribution is -2.32. The summed E-state index contributed by atoms with van der Waals surface area (Å²) in [6.07, 6.45) is 5.51.